The Hall–Kier alpha value is -0.840. The van der Waals surface area contributed by atoms with Gasteiger partial charge in [-0.05, 0) is 36.2 Å². The SMILES string of the molecule is NC(CSc1cccc(Br)c1)Cc1cccnc1. The molecule has 1 unspecified atom stereocenters. The number of pyridine rings is 1. The fraction of sp³-hybridized carbons (Fsp3) is 0.214. The molecule has 0 fully saturated rings. The molecule has 2 N–H and O–H groups in total. The number of halogens is 1. The Kier molecular flexibility index (Phi) is 5.23. The predicted octanol–water partition coefficient (Wildman–Crippen LogP) is 3.51. The highest BCUT2D eigenvalue weighted by Gasteiger charge is 2.05. The number of hydrogen-bond acceptors (Lipinski definition) is 3. The summed E-state index contributed by atoms with van der Waals surface area (Å²) in [5.74, 6) is 0.908. The minimum atomic E-state index is 0.151. The van der Waals surface area contributed by atoms with Crippen LogP contribution in [-0.4, -0.2) is 16.8 Å². The van der Waals surface area contributed by atoms with Crippen LogP contribution in [0.5, 0.6) is 0 Å². The monoisotopic (exact) mass is 322 g/mol. The van der Waals surface area contributed by atoms with Crippen LogP contribution in [0.4, 0.5) is 0 Å². The van der Waals surface area contributed by atoms with Crippen LogP contribution in [0, 0.1) is 0 Å². The lowest BCUT2D eigenvalue weighted by Gasteiger charge is -2.11. The molecule has 2 nitrogen and oxygen atoms in total. The molecule has 1 heterocycles. The maximum Gasteiger partial charge on any atom is 0.0300 e. The first kappa shape index (κ1) is 13.6. The summed E-state index contributed by atoms with van der Waals surface area (Å²) in [5, 5.41) is 0. The summed E-state index contributed by atoms with van der Waals surface area (Å²) in [6.07, 6.45) is 4.53. The van der Waals surface area contributed by atoms with Crippen LogP contribution in [0.15, 0.2) is 58.2 Å². The molecule has 4 heteroatoms. The van der Waals surface area contributed by atoms with Crippen LogP contribution in [0.1, 0.15) is 5.56 Å². The van der Waals surface area contributed by atoms with E-state index in [4.69, 9.17) is 5.73 Å². The van der Waals surface area contributed by atoms with Gasteiger partial charge >= 0.3 is 0 Å². The second kappa shape index (κ2) is 6.92. The Balaban J connectivity index is 1.83. The second-order valence-corrected chi connectivity index (χ2v) is 6.10. The lowest BCUT2D eigenvalue weighted by Crippen LogP contribution is -2.25. The maximum absolute atomic E-state index is 6.13. The van der Waals surface area contributed by atoms with Crippen LogP contribution >= 0.6 is 27.7 Å². The summed E-state index contributed by atoms with van der Waals surface area (Å²) < 4.78 is 1.10. The third kappa shape index (κ3) is 4.44. The van der Waals surface area contributed by atoms with Crippen LogP contribution in [0.3, 0.4) is 0 Å². The number of nitrogens with two attached hydrogens (primary N) is 1. The smallest absolute Gasteiger partial charge is 0.0300 e. The highest BCUT2D eigenvalue weighted by atomic mass is 79.9. The summed E-state index contributed by atoms with van der Waals surface area (Å²) in [7, 11) is 0. The number of nitrogens with zero attached hydrogens (tertiary/aromatic N) is 1. The molecule has 0 saturated heterocycles. The van der Waals surface area contributed by atoms with Gasteiger partial charge in [0.2, 0.25) is 0 Å². The van der Waals surface area contributed by atoms with Crippen molar-refractivity contribution in [1.82, 2.24) is 4.98 Å². The predicted molar refractivity (Wildman–Crippen MR) is 80.8 cm³/mol. The van der Waals surface area contributed by atoms with Crippen molar-refractivity contribution in [2.75, 3.05) is 5.75 Å². The first-order chi connectivity index (χ1) is 8.74. The van der Waals surface area contributed by atoms with Crippen LogP contribution < -0.4 is 5.73 Å². The van der Waals surface area contributed by atoms with Gasteiger partial charge in [-0.3, -0.25) is 4.98 Å². The average molecular weight is 323 g/mol. The third-order valence-corrected chi connectivity index (χ3v) is 4.16. The van der Waals surface area contributed by atoms with Gasteiger partial charge in [-0.1, -0.05) is 28.1 Å². The lowest BCUT2D eigenvalue weighted by molar-refractivity contribution is 0.746. The van der Waals surface area contributed by atoms with Crippen molar-refractivity contribution in [1.29, 1.82) is 0 Å². The Labute approximate surface area is 120 Å². The number of benzene rings is 1. The standard InChI is InChI=1S/C14H15BrN2S/c15-12-4-1-5-14(8-12)18-10-13(16)7-11-3-2-6-17-9-11/h1-6,8-9,13H,7,10,16H2. The number of aromatic nitrogens is 1. The molecule has 0 bridgehead atoms. The van der Waals surface area contributed by atoms with Gasteiger partial charge in [0.25, 0.3) is 0 Å². The van der Waals surface area contributed by atoms with E-state index in [0.717, 1.165) is 16.6 Å². The summed E-state index contributed by atoms with van der Waals surface area (Å²) in [4.78, 5) is 5.34. The van der Waals surface area contributed by atoms with Crippen molar-refractivity contribution in [3.8, 4) is 0 Å². The van der Waals surface area contributed by atoms with Crippen molar-refractivity contribution in [2.24, 2.45) is 5.73 Å². The molecule has 0 saturated carbocycles. The lowest BCUT2D eigenvalue weighted by atomic mass is 10.1. The maximum atomic E-state index is 6.13. The molecular formula is C14H15BrN2S. The average Bonchev–Trinajstić information content (AvgIpc) is 2.38. The van der Waals surface area contributed by atoms with E-state index in [2.05, 4.69) is 39.1 Å². The van der Waals surface area contributed by atoms with Crippen molar-refractivity contribution in [3.63, 3.8) is 0 Å². The Morgan fingerprint density at radius 3 is 2.89 bits per heavy atom. The van der Waals surface area contributed by atoms with E-state index in [-0.39, 0.29) is 6.04 Å². The summed E-state index contributed by atoms with van der Waals surface area (Å²) >= 11 is 5.26. The molecule has 1 aromatic carbocycles. The fourth-order valence-electron chi connectivity index (χ4n) is 1.64. The zero-order valence-electron chi connectivity index (χ0n) is 9.92. The van der Waals surface area contributed by atoms with Crippen molar-refractivity contribution in [3.05, 3.63) is 58.8 Å². The summed E-state index contributed by atoms with van der Waals surface area (Å²) in [6.45, 7) is 0. The molecule has 2 rings (SSSR count). The minimum Gasteiger partial charge on any atom is -0.327 e. The quantitative estimate of drug-likeness (QED) is 0.856. The Morgan fingerprint density at radius 1 is 1.28 bits per heavy atom. The van der Waals surface area contributed by atoms with E-state index in [1.807, 2.05) is 24.4 Å². The van der Waals surface area contributed by atoms with Crippen LogP contribution in [-0.2, 0) is 6.42 Å². The van der Waals surface area contributed by atoms with Gasteiger partial charge in [-0.2, -0.15) is 0 Å². The second-order valence-electron chi connectivity index (χ2n) is 4.09. The van der Waals surface area contributed by atoms with Crippen LogP contribution in [0.25, 0.3) is 0 Å². The molecule has 2 aromatic rings. The van der Waals surface area contributed by atoms with Gasteiger partial charge in [0.05, 0.1) is 0 Å². The number of thioether (sulfide) groups is 1. The molecule has 0 aliphatic heterocycles. The van der Waals surface area contributed by atoms with Gasteiger partial charge in [0.1, 0.15) is 0 Å². The number of hydrogen-bond donors (Lipinski definition) is 1. The topological polar surface area (TPSA) is 38.9 Å². The Morgan fingerprint density at radius 2 is 2.17 bits per heavy atom. The largest absolute Gasteiger partial charge is 0.327 e. The molecule has 0 radical (unpaired) electrons. The van der Waals surface area contributed by atoms with Crippen molar-refractivity contribution in [2.45, 2.75) is 17.4 Å². The fourth-order valence-corrected chi connectivity index (χ4v) is 3.10. The first-order valence-electron chi connectivity index (χ1n) is 5.77. The molecule has 0 amide bonds. The molecule has 1 aromatic heterocycles. The molecule has 0 aliphatic carbocycles. The molecule has 18 heavy (non-hydrogen) atoms. The zero-order chi connectivity index (χ0) is 12.8. The highest BCUT2D eigenvalue weighted by molar-refractivity contribution is 9.10. The summed E-state index contributed by atoms with van der Waals surface area (Å²) in [6, 6.07) is 12.4. The highest BCUT2D eigenvalue weighted by Crippen LogP contribution is 2.22. The van der Waals surface area contributed by atoms with Gasteiger partial charge in [0.15, 0.2) is 0 Å². The van der Waals surface area contributed by atoms with Crippen LogP contribution in [0.2, 0.25) is 0 Å². The molecule has 0 aliphatic rings. The first-order valence-corrected chi connectivity index (χ1v) is 7.55. The number of rotatable bonds is 5. The van der Waals surface area contributed by atoms with Gasteiger partial charge in [-0.25, -0.2) is 0 Å². The van der Waals surface area contributed by atoms with E-state index in [9.17, 15) is 0 Å². The van der Waals surface area contributed by atoms with E-state index < -0.39 is 0 Å². The summed E-state index contributed by atoms with van der Waals surface area (Å²) in [5.41, 5.74) is 7.33. The van der Waals surface area contributed by atoms with E-state index >= 15 is 0 Å². The van der Waals surface area contributed by atoms with Gasteiger partial charge in [0, 0.05) is 33.6 Å². The van der Waals surface area contributed by atoms with Gasteiger partial charge in [-0.15, -0.1) is 11.8 Å². The molecule has 1 atom stereocenters. The molecule has 94 valence electrons. The van der Waals surface area contributed by atoms with E-state index in [0.29, 0.717) is 0 Å². The minimum absolute atomic E-state index is 0.151. The molecular weight excluding hydrogens is 308 g/mol. The van der Waals surface area contributed by atoms with Crippen molar-refractivity contribution < 1.29 is 0 Å². The van der Waals surface area contributed by atoms with Crippen molar-refractivity contribution >= 4 is 27.7 Å². The van der Waals surface area contributed by atoms with Gasteiger partial charge < -0.3 is 5.73 Å². The Bertz CT molecular complexity index is 490. The normalized spacial score (nSPS) is 12.3. The molecule has 0 spiro atoms. The third-order valence-electron chi connectivity index (χ3n) is 2.48. The zero-order valence-corrected chi connectivity index (χ0v) is 12.3. The van der Waals surface area contributed by atoms with E-state index in [1.54, 1.807) is 18.0 Å². The van der Waals surface area contributed by atoms with E-state index in [1.165, 1.54) is 10.5 Å².